The zero-order chi connectivity index (χ0) is 22.1. The molecule has 0 aliphatic carbocycles. The van der Waals surface area contributed by atoms with E-state index in [0.717, 1.165) is 11.3 Å². The van der Waals surface area contributed by atoms with E-state index in [-0.39, 0.29) is 34.8 Å². The Labute approximate surface area is 178 Å². The van der Waals surface area contributed by atoms with E-state index >= 15 is 0 Å². The Kier molecular flexibility index (Phi) is 6.53. The zero-order valence-electron chi connectivity index (χ0n) is 16.8. The molecular weight excluding hydrogens is 429 g/mol. The number of aliphatic hydroxyl groups is 1. The van der Waals surface area contributed by atoms with Gasteiger partial charge in [-0.05, 0) is 25.3 Å². The molecule has 1 unspecified atom stereocenters. The second-order valence-electron chi connectivity index (χ2n) is 7.42. The lowest BCUT2D eigenvalue weighted by Crippen LogP contribution is -2.27. The molecule has 4 N–H and O–H groups in total. The monoisotopic (exact) mass is 453 g/mol. The minimum atomic E-state index is -4.13. The molecule has 11 heteroatoms. The molecule has 1 aromatic carbocycles. The Morgan fingerprint density at radius 2 is 1.90 bits per heavy atom. The van der Waals surface area contributed by atoms with Gasteiger partial charge in [0.05, 0.1) is 17.9 Å². The standard InChI is InChI=1S/C19H24FN5O3S2/c1-10(2)8-12(9-26)22-16-15-17(23-18(21)29-15)25-19(24-16)30(27,28)11(3)13-6-4-5-7-14(13)20/h4-7,10-12,26H,8-9H2,1-3H3,(H3,21,22,23,24,25)/t11?,12-/m1/s1. The number of hydrogen-bond acceptors (Lipinski definition) is 9. The van der Waals surface area contributed by atoms with Gasteiger partial charge in [-0.25, -0.2) is 17.8 Å². The van der Waals surface area contributed by atoms with Gasteiger partial charge in [0.1, 0.15) is 10.5 Å². The number of benzene rings is 1. The van der Waals surface area contributed by atoms with E-state index in [2.05, 4.69) is 20.3 Å². The van der Waals surface area contributed by atoms with E-state index < -0.39 is 26.1 Å². The van der Waals surface area contributed by atoms with Gasteiger partial charge in [0.2, 0.25) is 9.84 Å². The van der Waals surface area contributed by atoms with Crippen molar-refractivity contribution in [1.82, 2.24) is 15.0 Å². The third kappa shape index (κ3) is 4.52. The van der Waals surface area contributed by atoms with Crippen LogP contribution in [0.5, 0.6) is 0 Å². The van der Waals surface area contributed by atoms with Gasteiger partial charge in [-0.1, -0.05) is 43.4 Å². The summed E-state index contributed by atoms with van der Waals surface area (Å²) in [6, 6.07) is 5.34. The Hall–Kier alpha value is -2.37. The van der Waals surface area contributed by atoms with Crippen molar-refractivity contribution >= 4 is 42.5 Å². The summed E-state index contributed by atoms with van der Waals surface area (Å²) in [5, 5.41) is 11.3. The fourth-order valence-electron chi connectivity index (χ4n) is 3.12. The van der Waals surface area contributed by atoms with Crippen molar-refractivity contribution in [2.75, 3.05) is 17.7 Å². The minimum Gasteiger partial charge on any atom is -0.394 e. The number of halogens is 1. The lowest BCUT2D eigenvalue weighted by molar-refractivity contribution is 0.259. The predicted octanol–water partition coefficient (Wildman–Crippen LogP) is 3.16. The normalized spacial score (nSPS) is 14.2. The number of nitrogens with two attached hydrogens (primary N) is 1. The zero-order valence-corrected chi connectivity index (χ0v) is 18.5. The van der Waals surface area contributed by atoms with Crippen molar-refractivity contribution < 1.29 is 17.9 Å². The maximum Gasteiger partial charge on any atom is 0.251 e. The summed E-state index contributed by atoms with van der Waals surface area (Å²) < 4.78 is 41.1. The number of thiazole rings is 1. The van der Waals surface area contributed by atoms with E-state index in [1.54, 1.807) is 6.07 Å². The highest BCUT2D eigenvalue weighted by Gasteiger charge is 2.31. The first-order valence-electron chi connectivity index (χ1n) is 9.43. The molecule has 0 bridgehead atoms. The van der Waals surface area contributed by atoms with Crippen LogP contribution >= 0.6 is 11.3 Å². The molecule has 2 heterocycles. The smallest absolute Gasteiger partial charge is 0.251 e. The second kappa shape index (κ2) is 8.78. The van der Waals surface area contributed by atoms with Crippen LogP contribution in [0.15, 0.2) is 29.4 Å². The molecule has 2 atom stereocenters. The first-order chi connectivity index (χ1) is 14.1. The number of nitrogen functional groups attached to an aromatic ring is 1. The summed E-state index contributed by atoms with van der Waals surface area (Å²) in [7, 11) is -4.13. The van der Waals surface area contributed by atoms with Crippen LogP contribution in [0.4, 0.5) is 15.3 Å². The molecule has 0 amide bonds. The van der Waals surface area contributed by atoms with Crippen LogP contribution in [-0.2, 0) is 9.84 Å². The summed E-state index contributed by atoms with van der Waals surface area (Å²) in [6.45, 7) is 5.25. The van der Waals surface area contributed by atoms with Gasteiger partial charge in [-0.3, -0.25) is 0 Å². The fraction of sp³-hybridized carbons (Fsp3) is 0.421. The van der Waals surface area contributed by atoms with Gasteiger partial charge in [0, 0.05) is 5.56 Å². The highest BCUT2D eigenvalue weighted by atomic mass is 32.2. The Morgan fingerprint density at radius 1 is 1.20 bits per heavy atom. The van der Waals surface area contributed by atoms with Gasteiger partial charge >= 0.3 is 0 Å². The van der Waals surface area contributed by atoms with Crippen LogP contribution in [0.3, 0.4) is 0 Å². The number of anilines is 2. The third-order valence-electron chi connectivity index (χ3n) is 4.63. The van der Waals surface area contributed by atoms with Crippen molar-refractivity contribution in [2.45, 2.75) is 43.6 Å². The average Bonchev–Trinajstić information content (AvgIpc) is 3.07. The Bertz CT molecular complexity index is 1150. The van der Waals surface area contributed by atoms with Gasteiger partial charge in [0.25, 0.3) is 5.16 Å². The van der Waals surface area contributed by atoms with Gasteiger partial charge in [-0.15, -0.1) is 0 Å². The van der Waals surface area contributed by atoms with Crippen LogP contribution in [0.2, 0.25) is 0 Å². The maximum absolute atomic E-state index is 14.2. The van der Waals surface area contributed by atoms with E-state index in [4.69, 9.17) is 5.73 Å². The van der Waals surface area contributed by atoms with E-state index in [9.17, 15) is 17.9 Å². The molecule has 0 aliphatic rings. The third-order valence-corrected chi connectivity index (χ3v) is 7.39. The van der Waals surface area contributed by atoms with E-state index in [1.165, 1.54) is 25.1 Å². The highest BCUT2D eigenvalue weighted by molar-refractivity contribution is 7.91. The van der Waals surface area contributed by atoms with Crippen LogP contribution in [0.25, 0.3) is 10.3 Å². The topological polar surface area (TPSA) is 131 Å². The molecule has 0 spiro atoms. The molecule has 8 nitrogen and oxygen atoms in total. The number of aromatic nitrogens is 3. The Morgan fingerprint density at radius 3 is 2.53 bits per heavy atom. The SMILES string of the molecule is CC(C)C[C@H](CO)Nc1nc(S(=O)(=O)C(C)c2ccccc2F)nc2nc(N)sc12. The van der Waals surface area contributed by atoms with Crippen molar-refractivity contribution in [1.29, 1.82) is 0 Å². The number of nitrogens with zero attached hydrogens (tertiary/aromatic N) is 3. The van der Waals surface area contributed by atoms with Crippen molar-refractivity contribution in [3.8, 4) is 0 Å². The number of aliphatic hydroxyl groups excluding tert-OH is 1. The van der Waals surface area contributed by atoms with Crippen molar-refractivity contribution in [3.05, 3.63) is 35.6 Å². The van der Waals surface area contributed by atoms with Gasteiger partial charge < -0.3 is 16.2 Å². The first kappa shape index (κ1) is 22.3. The summed E-state index contributed by atoms with van der Waals surface area (Å²) in [5.41, 5.74) is 5.96. The average molecular weight is 454 g/mol. The van der Waals surface area contributed by atoms with E-state index in [1.807, 2.05) is 13.8 Å². The summed E-state index contributed by atoms with van der Waals surface area (Å²) in [6.07, 6.45) is 0.643. The summed E-state index contributed by atoms with van der Waals surface area (Å²) in [4.78, 5) is 12.4. The molecule has 2 aromatic heterocycles. The number of fused-ring (bicyclic) bond motifs is 1. The maximum atomic E-state index is 14.2. The molecule has 3 rings (SSSR count). The van der Waals surface area contributed by atoms with Gasteiger partial charge in [0.15, 0.2) is 16.6 Å². The molecule has 3 aromatic rings. The van der Waals surface area contributed by atoms with Crippen molar-refractivity contribution in [3.63, 3.8) is 0 Å². The highest BCUT2D eigenvalue weighted by Crippen LogP contribution is 2.34. The first-order valence-corrected chi connectivity index (χ1v) is 11.8. The van der Waals surface area contributed by atoms with Crippen LogP contribution in [0.1, 0.15) is 38.0 Å². The number of hydrogen-bond donors (Lipinski definition) is 3. The summed E-state index contributed by atoms with van der Waals surface area (Å²) >= 11 is 1.12. The Balaban J connectivity index is 2.09. The summed E-state index contributed by atoms with van der Waals surface area (Å²) in [5.74, 6) is -0.0980. The lowest BCUT2D eigenvalue weighted by atomic mass is 10.0. The molecule has 0 aliphatic heterocycles. The van der Waals surface area contributed by atoms with Crippen molar-refractivity contribution in [2.24, 2.45) is 5.92 Å². The lowest BCUT2D eigenvalue weighted by Gasteiger charge is -2.20. The number of rotatable bonds is 8. The molecule has 30 heavy (non-hydrogen) atoms. The molecule has 0 radical (unpaired) electrons. The molecule has 0 saturated carbocycles. The van der Waals surface area contributed by atoms with Crippen LogP contribution in [0, 0.1) is 11.7 Å². The van der Waals surface area contributed by atoms with Gasteiger partial charge in [-0.2, -0.15) is 9.97 Å². The fourth-order valence-corrected chi connectivity index (χ4v) is 5.12. The van der Waals surface area contributed by atoms with Crippen LogP contribution < -0.4 is 11.1 Å². The molecular formula is C19H24FN5O3S2. The largest absolute Gasteiger partial charge is 0.394 e. The number of sulfone groups is 1. The molecule has 0 fully saturated rings. The second-order valence-corrected chi connectivity index (χ2v) is 10.6. The van der Waals surface area contributed by atoms with E-state index in [0.29, 0.717) is 17.0 Å². The predicted molar refractivity (Wildman–Crippen MR) is 116 cm³/mol. The quantitative estimate of drug-likeness (QED) is 0.443. The molecule has 0 saturated heterocycles. The minimum absolute atomic E-state index is 0.0292. The van der Waals surface area contributed by atoms with Crippen LogP contribution in [-0.4, -0.2) is 41.1 Å². The molecule has 162 valence electrons. The number of nitrogens with one attached hydrogen (secondary N) is 1.